The predicted molar refractivity (Wildman–Crippen MR) is 76.8 cm³/mol. The summed E-state index contributed by atoms with van der Waals surface area (Å²) in [5.41, 5.74) is 0. The Bertz CT molecular complexity index is 467. The molecule has 2 rings (SSSR count). The predicted octanol–water partition coefficient (Wildman–Crippen LogP) is -0.601. The van der Waals surface area contributed by atoms with Crippen LogP contribution in [0, 0.1) is 0 Å². The molecule has 0 unspecified atom stereocenters. The Morgan fingerprint density at radius 3 is 3.19 bits per heavy atom. The first kappa shape index (κ1) is 15.2. The molecule has 1 aromatic rings. The van der Waals surface area contributed by atoms with Crippen molar-refractivity contribution in [2.45, 2.75) is 6.42 Å². The minimum absolute atomic E-state index is 0.0288. The fourth-order valence-electron chi connectivity index (χ4n) is 2.01. The molecular formula is C14H20N4O3. The number of rotatable bonds is 7. The van der Waals surface area contributed by atoms with E-state index in [2.05, 4.69) is 15.6 Å². The lowest BCUT2D eigenvalue weighted by Gasteiger charge is -2.25. The van der Waals surface area contributed by atoms with Gasteiger partial charge in [-0.25, -0.2) is 0 Å². The molecule has 7 nitrogen and oxygen atoms in total. The van der Waals surface area contributed by atoms with E-state index in [1.165, 1.54) is 0 Å². The Kier molecular flexibility index (Phi) is 5.96. The van der Waals surface area contributed by atoms with E-state index in [0.717, 1.165) is 12.2 Å². The SMILES string of the molecule is O=C(CN1CCNC(=O)C1)NCCCOc1cccnc1. The van der Waals surface area contributed by atoms with Gasteiger partial charge in [-0.15, -0.1) is 0 Å². The fraction of sp³-hybridized carbons (Fsp3) is 0.500. The fourth-order valence-corrected chi connectivity index (χ4v) is 2.01. The summed E-state index contributed by atoms with van der Waals surface area (Å²) in [6, 6.07) is 3.65. The molecule has 0 bridgehead atoms. The summed E-state index contributed by atoms with van der Waals surface area (Å²) in [7, 11) is 0. The maximum Gasteiger partial charge on any atom is 0.234 e. The Labute approximate surface area is 123 Å². The second-order valence-electron chi connectivity index (χ2n) is 4.80. The van der Waals surface area contributed by atoms with Gasteiger partial charge in [0, 0.05) is 25.8 Å². The molecule has 2 N–H and O–H groups in total. The number of hydrogen-bond donors (Lipinski definition) is 2. The molecule has 1 aromatic heterocycles. The number of ether oxygens (including phenoxy) is 1. The van der Waals surface area contributed by atoms with Crippen LogP contribution in [0.2, 0.25) is 0 Å². The second-order valence-corrected chi connectivity index (χ2v) is 4.80. The van der Waals surface area contributed by atoms with Crippen LogP contribution < -0.4 is 15.4 Å². The zero-order valence-corrected chi connectivity index (χ0v) is 11.9. The molecule has 0 spiro atoms. The quantitative estimate of drug-likeness (QED) is 0.656. The van der Waals surface area contributed by atoms with Crippen LogP contribution in [-0.4, -0.2) is 61.0 Å². The molecule has 7 heteroatoms. The van der Waals surface area contributed by atoms with Crippen LogP contribution in [0.1, 0.15) is 6.42 Å². The lowest BCUT2D eigenvalue weighted by molar-refractivity contribution is -0.126. The summed E-state index contributed by atoms with van der Waals surface area (Å²) in [6.07, 6.45) is 4.06. The first-order valence-corrected chi connectivity index (χ1v) is 7.02. The molecule has 1 aliphatic heterocycles. The highest BCUT2D eigenvalue weighted by molar-refractivity contribution is 5.81. The molecule has 114 valence electrons. The third kappa shape index (κ3) is 5.78. The first-order chi connectivity index (χ1) is 10.2. The zero-order chi connectivity index (χ0) is 14.9. The van der Waals surface area contributed by atoms with E-state index in [1.54, 1.807) is 12.4 Å². The van der Waals surface area contributed by atoms with Gasteiger partial charge in [-0.2, -0.15) is 0 Å². The van der Waals surface area contributed by atoms with Crippen molar-refractivity contribution in [2.24, 2.45) is 0 Å². The molecule has 1 saturated heterocycles. The normalized spacial score (nSPS) is 15.3. The van der Waals surface area contributed by atoms with Crippen LogP contribution in [0.25, 0.3) is 0 Å². The maximum absolute atomic E-state index is 11.7. The van der Waals surface area contributed by atoms with Gasteiger partial charge in [-0.3, -0.25) is 19.5 Å². The van der Waals surface area contributed by atoms with Crippen molar-refractivity contribution in [1.82, 2.24) is 20.5 Å². The van der Waals surface area contributed by atoms with Crippen molar-refractivity contribution < 1.29 is 14.3 Å². The number of aromatic nitrogens is 1. The Balaban J connectivity index is 1.54. The largest absolute Gasteiger partial charge is 0.492 e. The Morgan fingerprint density at radius 1 is 1.52 bits per heavy atom. The van der Waals surface area contributed by atoms with Gasteiger partial charge in [0.05, 0.1) is 25.9 Å². The minimum atomic E-state index is -0.0638. The first-order valence-electron chi connectivity index (χ1n) is 7.02. The zero-order valence-electron chi connectivity index (χ0n) is 11.9. The van der Waals surface area contributed by atoms with Gasteiger partial charge in [0.1, 0.15) is 5.75 Å². The van der Waals surface area contributed by atoms with Gasteiger partial charge in [-0.1, -0.05) is 0 Å². The molecule has 0 aromatic carbocycles. The Morgan fingerprint density at radius 2 is 2.43 bits per heavy atom. The average Bonchev–Trinajstić information content (AvgIpc) is 2.48. The number of piperazine rings is 1. The number of carbonyl (C=O) groups excluding carboxylic acids is 2. The van der Waals surface area contributed by atoms with Crippen molar-refractivity contribution in [3.8, 4) is 5.75 Å². The van der Waals surface area contributed by atoms with Crippen molar-refractivity contribution in [3.05, 3.63) is 24.5 Å². The van der Waals surface area contributed by atoms with Gasteiger partial charge >= 0.3 is 0 Å². The van der Waals surface area contributed by atoms with E-state index < -0.39 is 0 Å². The molecule has 0 radical (unpaired) electrons. The Hall–Kier alpha value is -2.15. The van der Waals surface area contributed by atoms with E-state index in [1.807, 2.05) is 17.0 Å². The van der Waals surface area contributed by atoms with Gasteiger partial charge in [-0.05, 0) is 18.6 Å². The third-order valence-corrected chi connectivity index (χ3v) is 3.03. The van der Waals surface area contributed by atoms with Crippen LogP contribution in [0.15, 0.2) is 24.5 Å². The minimum Gasteiger partial charge on any atom is -0.492 e. The molecule has 0 atom stereocenters. The highest BCUT2D eigenvalue weighted by Gasteiger charge is 2.17. The molecule has 0 aliphatic carbocycles. The second kappa shape index (κ2) is 8.21. The van der Waals surface area contributed by atoms with E-state index in [4.69, 9.17) is 4.74 Å². The third-order valence-electron chi connectivity index (χ3n) is 3.03. The number of amides is 2. The lowest BCUT2D eigenvalue weighted by Crippen LogP contribution is -2.50. The molecule has 2 heterocycles. The number of carbonyl (C=O) groups is 2. The van der Waals surface area contributed by atoms with Crippen molar-refractivity contribution >= 4 is 11.8 Å². The summed E-state index contributed by atoms with van der Waals surface area (Å²) < 4.78 is 5.47. The summed E-state index contributed by atoms with van der Waals surface area (Å²) in [6.45, 7) is 2.94. The number of nitrogens with one attached hydrogen (secondary N) is 2. The molecule has 21 heavy (non-hydrogen) atoms. The van der Waals surface area contributed by atoms with E-state index >= 15 is 0 Å². The summed E-state index contributed by atoms with van der Waals surface area (Å²) in [5, 5.41) is 5.55. The molecule has 0 saturated carbocycles. The van der Waals surface area contributed by atoms with Crippen LogP contribution in [-0.2, 0) is 9.59 Å². The van der Waals surface area contributed by atoms with Crippen LogP contribution in [0.3, 0.4) is 0 Å². The van der Waals surface area contributed by atoms with Crippen molar-refractivity contribution in [2.75, 3.05) is 39.3 Å². The maximum atomic E-state index is 11.7. The molecule has 1 aliphatic rings. The highest BCUT2D eigenvalue weighted by atomic mass is 16.5. The monoisotopic (exact) mass is 292 g/mol. The topological polar surface area (TPSA) is 83.6 Å². The number of hydrogen-bond acceptors (Lipinski definition) is 5. The van der Waals surface area contributed by atoms with E-state index in [0.29, 0.717) is 26.2 Å². The van der Waals surface area contributed by atoms with Gasteiger partial charge in [0.15, 0.2) is 0 Å². The summed E-state index contributed by atoms with van der Waals surface area (Å²) in [5.74, 6) is 0.633. The van der Waals surface area contributed by atoms with E-state index in [-0.39, 0.29) is 24.9 Å². The lowest BCUT2D eigenvalue weighted by atomic mass is 10.3. The van der Waals surface area contributed by atoms with Crippen molar-refractivity contribution in [1.29, 1.82) is 0 Å². The highest BCUT2D eigenvalue weighted by Crippen LogP contribution is 2.05. The van der Waals surface area contributed by atoms with Crippen LogP contribution in [0.4, 0.5) is 0 Å². The molecule has 2 amide bonds. The van der Waals surface area contributed by atoms with E-state index in [9.17, 15) is 9.59 Å². The number of pyridine rings is 1. The van der Waals surface area contributed by atoms with Gasteiger partial charge in [0.25, 0.3) is 0 Å². The van der Waals surface area contributed by atoms with Gasteiger partial charge < -0.3 is 15.4 Å². The smallest absolute Gasteiger partial charge is 0.234 e. The van der Waals surface area contributed by atoms with Crippen molar-refractivity contribution in [3.63, 3.8) is 0 Å². The van der Waals surface area contributed by atoms with Crippen LogP contribution >= 0.6 is 0 Å². The summed E-state index contributed by atoms with van der Waals surface area (Å²) >= 11 is 0. The van der Waals surface area contributed by atoms with Crippen LogP contribution in [0.5, 0.6) is 5.75 Å². The standard InChI is InChI=1S/C14H20N4O3/c19-13(10-18-7-6-17-14(20)11-18)16-5-2-8-21-12-3-1-4-15-9-12/h1,3-4,9H,2,5-8,10-11H2,(H,16,19)(H,17,20). The molecule has 1 fully saturated rings. The number of nitrogens with zero attached hydrogens (tertiary/aromatic N) is 2. The summed E-state index contributed by atoms with van der Waals surface area (Å²) in [4.78, 5) is 28.7. The van der Waals surface area contributed by atoms with Gasteiger partial charge in [0.2, 0.25) is 11.8 Å². The molecular weight excluding hydrogens is 272 g/mol. The average molecular weight is 292 g/mol.